The van der Waals surface area contributed by atoms with Crippen molar-refractivity contribution in [3.63, 3.8) is 0 Å². The molecule has 5 N–H and O–H groups in total. The first-order valence-corrected chi connectivity index (χ1v) is 6.62. The van der Waals surface area contributed by atoms with Gasteiger partial charge in [0.15, 0.2) is 0 Å². The van der Waals surface area contributed by atoms with E-state index < -0.39 is 0 Å². The lowest BCUT2D eigenvalue weighted by atomic mass is 10.1. The Hall–Kier alpha value is -0.810. The van der Waals surface area contributed by atoms with Crippen molar-refractivity contribution < 1.29 is 10.3 Å². The molecule has 2 unspecified atom stereocenters. The molecule has 0 aliphatic heterocycles. The molecule has 0 heterocycles. The average Bonchev–Trinajstić information content (AvgIpc) is 2.54. The molecular formula is C12H25N3O2. The molecule has 0 spiro atoms. The summed E-state index contributed by atoms with van der Waals surface area (Å²) in [7, 11) is 0. The smallest absolute Gasteiger partial charge is 0.139 e. The van der Waals surface area contributed by atoms with E-state index in [-0.39, 0.29) is 12.1 Å². The van der Waals surface area contributed by atoms with Crippen molar-refractivity contribution in [2.24, 2.45) is 10.9 Å². The number of aliphatic hydroxyl groups excluding tert-OH is 1. The monoisotopic (exact) mass is 243 g/mol. The Morgan fingerprint density at radius 1 is 1.24 bits per heavy atom. The third-order valence-corrected chi connectivity index (χ3v) is 3.37. The van der Waals surface area contributed by atoms with E-state index in [2.05, 4.69) is 10.5 Å². The Morgan fingerprint density at radius 3 is 2.76 bits per heavy atom. The summed E-state index contributed by atoms with van der Waals surface area (Å²) in [5, 5.41) is 24.6. The van der Waals surface area contributed by atoms with Crippen molar-refractivity contribution >= 4 is 5.84 Å². The van der Waals surface area contributed by atoms with Gasteiger partial charge in [0, 0.05) is 12.5 Å². The lowest BCUT2D eigenvalue weighted by Gasteiger charge is -2.21. The van der Waals surface area contributed by atoms with Crippen LogP contribution in [0.4, 0.5) is 0 Å². The van der Waals surface area contributed by atoms with Crippen LogP contribution in [0, 0.1) is 0 Å². The predicted octanol–water partition coefficient (Wildman–Crippen LogP) is 1.19. The second-order valence-electron chi connectivity index (χ2n) is 4.81. The number of nitrogens with two attached hydrogens (primary N) is 1. The highest BCUT2D eigenvalue weighted by Gasteiger charge is 2.20. The van der Waals surface area contributed by atoms with Gasteiger partial charge in [0.2, 0.25) is 0 Å². The molecule has 0 aromatic heterocycles. The SMILES string of the molecule is NC(CCCCNC1CCCCCC1O)=NO. The summed E-state index contributed by atoms with van der Waals surface area (Å²) in [6, 6.07) is 0.251. The number of amidine groups is 1. The maximum Gasteiger partial charge on any atom is 0.139 e. The van der Waals surface area contributed by atoms with Crippen LogP contribution >= 0.6 is 0 Å². The van der Waals surface area contributed by atoms with Crippen LogP contribution < -0.4 is 11.1 Å². The fourth-order valence-electron chi connectivity index (χ4n) is 2.29. The van der Waals surface area contributed by atoms with Crippen LogP contribution in [0.5, 0.6) is 0 Å². The van der Waals surface area contributed by atoms with Gasteiger partial charge < -0.3 is 21.4 Å². The first kappa shape index (κ1) is 14.3. The molecule has 17 heavy (non-hydrogen) atoms. The molecule has 1 aliphatic carbocycles. The average molecular weight is 243 g/mol. The molecule has 0 aromatic carbocycles. The van der Waals surface area contributed by atoms with Crippen molar-refractivity contribution in [1.82, 2.24) is 5.32 Å². The van der Waals surface area contributed by atoms with E-state index in [9.17, 15) is 5.11 Å². The Balaban J connectivity index is 2.08. The normalized spacial score (nSPS) is 26.8. The van der Waals surface area contributed by atoms with E-state index in [4.69, 9.17) is 10.9 Å². The van der Waals surface area contributed by atoms with Gasteiger partial charge in [0.25, 0.3) is 0 Å². The van der Waals surface area contributed by atoms with Crippen molar-refractivity contribution in [3.05, 3.63) is 0 Å². The summed E-state index contributed by atoms with van der Waals surface area (Å²) < 4.78 is 0. The Bertz CT molecular complexity index is 234. The molecule has 0 bridgehead atoms. The van der Waals surface area contributed by atoms with Crippen molar-refractivity contribution in [2.45, 2.75) is 63.5 Å². The van der Waals surface area contributed by atoms with Crippen LogP contribution in [0.3, 0.4) is 0 Å². The minimum atomic E-state index is -0.193. The van der Waals surface area contributed by atoms with Crippen LogP contribution in [-0.2, 0) is 0 Å². The largest absolute Gasteiger partial charge is 0.409 e. The summed E-state index contributed by atoms with van der Waals surface area (Å²) in [5.41, 5.74) is 5.38. The lowest BCUT2D eigenvalue weighted by Crippen LogP contribution is -2.39. The molecular weight excluding hydrogens is 218 g/mol. The number of hydrogen-bond donors (Lipinski definition) is 4. The van der Waals surface area contributed by atoms with Gasteiger partial charge in [-0.05, 0) is 32.2 Å². The summed E-state index contributed by atoms with van der Waals surface area (Å²) >= 11 is 0. The summed E-state index contributed by atoms with van der Waals surface area (Å²) in [5.74, 6) is 0.291. The summed E-state index contributed by atoms with van der Waals surface area (Å²) in [4.78, 5) is 0. The van der Waals surface area contributed by atoms with Gasteiger partial charge in [-0.25, -0.2) is 0 Å². The standard InChI is InChI=1S/C12H25N3O2/c13-12(15-17)8-4-5-9-14-10-6-2-1-3-7-11(10)16/h10-11,14,16-17H,1-9H2,(H2,13,15). The molecule has 0 radical (unpaired) electrons. The molecule has 5 nitrogen and oxygen atoms in total. The highest BCUT2D eigenvalue weighted by Crippen LogP contribution is 2.17. The number of rotatable bonds is 6. The number of nitrogens with zero attached hydrogens (tertiary/aromatic N) is 1. The minimum Gasteiger partial charge on any atom is -0.409 e. The Labute approximate surface area is 103 Å². The van der Waals surface area contributed by atoms with E-state index in [1.807, 2.05) is 0 Å². The molecule has 1 saturated carbocycles. The quantitative estimate of drug-likeness (QED) is 0.141. The van der Waals surface area contributed by atoms with Gasteiger partial charge in [-0.3, -0.25) is 0 Å². The van der Waals surface area contributed by atoms with Crippen LogP contribution in [0.1, 0.15) is 51.4 Å². The van der Waals surface area contributed by atoms with Crippen molar-refractivity contribution in [3.8, 4) is 0 Å². The maximum atomic E-state index is 9.90. The minimum absolute atomic E-state index is 0.193. The highest BCUT2D eigenvalue weighted by atomic mass is 16.4. The zero-order valence-electron chi connectivity index (χ0n) is 10.4. The second-order valence-corrected chi connectivity index (χ2v) is 4.81. The van der Waals surface area contributed by atoms with E-state index in [0.717, 1.165) is 38.6 Å². The fraction of sp³-hybridized carbons (Fsp3) is 0.917. The van der Waals surface area contributed by atoms with Gasteiger partial charge in [0.1, 0.15) is 5.84 Å². The third kappa shape index (κ3) is 5.89. The van der Waals surface area contributed by atoms with Crippen molar-refractivity contribution in [2.75, 3.05) is 6.54 Å². The number of oxime groups is 1. The summed E-state index contributed by atoms with van der Waals surface area (Å²) in [6.07, 6.45) is 7.90. The number of nitrogens with one attached hydrogen (secondary N) is 1. The van der Waals surface area contributed by atoms with Gasteiger partial charge in [-0.2, -0.15) is 0 Å². The molecule has 1 aliphatic rings. The first-order valence-electron chi connectivity index (χ1n) is 6.62. The molecule has 0 aromatic rings. The molecule has 0 amide bonds. The van der Waals surface area contributed by atoms with E-state index in [0.29, 0.717) is 12.3 Å². The molecule has 5 heteroatoms. The maximum absolute atomic E-state index is 9.90. The predicted molar refractivity (Wildman–Crippen MR) is 68.1 cm³/mol. The fourth-order valence-corrected chi connectivity index (χ4v) is 2.29. The number of hydrogen-bond acceptors (Lipinski definition) is 4. The molecule has 2 atom stereocenters. The molecule has 0 saturated heterocycles. The van der Waals surface area contributed by atoms with Crippen LogP contribution in [-0.4, -0.2) is 34.8 Å². The summed E-state index contributed by atoms with van der Waals surface area (Å²) in [6.45, 7) is 0.889. The second kappa shape index (κ2) is 8.31. The third-order valence-electron chi connectivity index (χ3n) is 3.37. The van der Waals surface area contributed by atoms with Crippen LogP contribution in [0.2, 0.25) is 0 Å². The van der Waals surface area contributed by atoms with Gasteiger partial charge in [0.05, 0.1) is 6.10 Å². The first-order chi connectivity index (χ1) is 8.24. The lowest BCUT2D eigenvalue weighted by molar-refractivity contribution is 0.120. The molecule has 100 valence electrons. The topological polar surface area (TPSA) is 90.9 Å². The van der Waals surface area contributed by atoms with Gasteiger partial charge >= 0.3 is 0 Å². The van der Waals surface area contributed by atoms with Gasteiger partial charge in [-0.1, -0.05) is 24.4 Å². The Kier molecular flexibility index (Phi) is 6.96. The van der Waals surface area contributed by atoms with E-state index >= 15 is 0 Å². The van der Waals surface area contributed by atoms with Crippen LogP contribution in [0.15, 0.2) is 5.16 Å². The number of aliphatic hydroxyl groups is 1. The Morgan fingerprint density at radius 2 is 2.00 bits per heavy atom. The van der Waals surface area contributed by atoms with E-state index in [1.165, 1.54) is 12.8 Å². The molecule has 1 rings (SSSR count). The highest BCUT2D eigenvalue weighted by molar-refractivity contribution is 5.79. The zero-order valence-corrected chi connectivity index (χ0v) is 10.4. The number of unbranched alkanes of at least 4 members (excludes halogenated alkanes) is 1. The van der Waals surface area contributed by atoms with E-state index in [1.54, 1.807) is 0 Å². The van der Waals surface area contributed by atoms with Crippen molar-refractivity contribution in [1.29, 1.82) is 0 Å². The van der Waals surface area contributed by atoms with Crippen LogP contribution in [0.25, 0.3) is 0 Å². The zero-order chi connectivity index (χ0) is 12.5. The molecule has 1 fully saturated rings. The van der Waals surface area contributed by atoms with Gasteiger partial charge in [-0.15, -0.1) is 0 Å².